The molecule has 2 aromatic rings. The summed E-state index contributed by atoms with van der Waals surface area (Å²) in [5.74, 6) is 0.463. The van der Waals surface area contributed by atoms with Gasteiger partial charge in [0.15, 0.2) is 0 Å². The summed E-state index contributed by atoms with van der Waals surface area (Å²) in [4.78, 5) is 0. The molecule has 2 atom stereocenters. The van der Waals surface area contributed by atoms with Gasteiger partial charge in [-0.1, -0.05) is 38.1 Å². The molecular formula is C16H20INOS. The lowest BCUT2D eigenvalue weighted by molar-refractivity contribution is 0.148. The number of benzene rings is 1. The van der Waals surface area contributed by atoms with Crippen molar-refractivity contribution in [1.82, 2.24) is 0 Å². The molecule has 0 fully saturated rings. The smallest absolute Gasteiger partial charge is 0.0879 e. The Morgan fingerprint density at radius 1 is 1.15 bits per heavy atom. The fourth-order valence-electron chi connectivity index (χ4n) is 2.29. The van der Waals surface area contributed by atoms with Gasteiger partial charge in [0.2, 0.25) is 0 Å². The topological polar surface area (TPSA) is 46.2 Å². The fraction of sp³-hybridized carbons (Fsp3) is 0.375. The van der Waals surface area contributed by atoms with Crippen LogP contribution in [0.3, 0.4) is 0 Å². The van der Waals surface area contributed by atoms with Gasteiger partial charge in [-0.2, -0.15) is 0 Å². The Labute approximate surface area is 138 Å². The minimum atomic E-state index is -0.537. The molecule has 0 aliphatic carbocycles. The second-order valence-corrected chi connectivity index (χ2v) is 8.10. The molecule has 1 aromatic carbocycles. The first-order valence-electron chi connectivity index (χ1n) is 6.74. The van der Waals surface area contributed by atoms with Gasteiger partial charge in [0.25, 0.3) is 0 Å². The van der Waals surface area contributed by atoms with E-state index in [4.69, 9.17) is 5.73 Å². The van der Waals surface area contributed by atoms with Crippen LogP contribution in [0.5, 0.6) is 0 Å². The van der Waals surface area contributed by atoms with E-state index in [9.17, 15) is 5.11 Å². The predicted molar refractivity (Wildman–Crippen MR) is 94.3 cm³/mol. The van der Waals surface area contributed by atoms with E-state index in [1.807, 2.05) is 11.4 Å². The molecule has 108 valence electrons. The molecule has 2 unspecified atom stereocenters. The van der Waals surface area contributed by atoms with Gasteiger partial charge >= 0.3 is 0 Å². The molecule has 4 heteroatoms. The Bertz CT molecular complexity index is 550. The van der Waals surface area contributed by atoms with Crippen molar-refractivity contribution in [1.29, 1.82) is 0 Å². The monoisotopic (exact) mass is 401 g/mol. The highest BCUT2D eigenvalue weighted by molar-refractivity contribution is 14.1. The van der Waals surface area contributed by atoms with Crippen LogP contribution in [-0.4, -0.2) is 11.7 Å². The normalized spacial score (nSPS) is 14.5. The van der Waals surface area contributed by atoms with E-state index in [1.54, 1.807) is 11.3 Å². The van der Waals surface area contributed by atoms with Crippen LogP contribution < -0.4 is 5.73 Å². The van der Waals surface area contributed by atoms with E-state index >= 15 is 0 Å². The van der Waals surface area contributed by atoms with Gasteiger partial charge in [0, 0.05) is 12.5 Å². The van der Waals surface area contributed by atoms with Crippen LogP contribution in [0.2, 0.25) is 0 Å². The summed E-state index contributed by atoms with van der Waals surface area (Å²) in [7, 11) is 0. The number of aliphatic hydroxyl groups excluding tert-OH is 1. The van der Waals surface area contributed by atoms with Crippen molar-refractivity contribution in [3.63, 3.8) is 0 Å². The minimum Gasteiger partial charge on any atom is -0.388 e. The van der Waals surface area contributed by atoms with E-state index in [0.29, 0.717) is 12.5 Å². The first kappa shape index (κ1) is 15.9. The fourth-order valence-corrected chi connectivity index (χ4v) is 3.69. The number of thiophene rings is 1. The summed E-state index contributed by atoms with van der Waals surface area (Å²) >= 11 is 3.92. The van der Waals surface area contributed by atoms with Crippen LogP contribution in [-0.2, 0) is 0 Å². The zero-order valence-electron chi connectivity index (χ0n) is 11.7. The molecule has 2 nitrogen and oxygen atoms in total. The quantitative estimate of drug-likeness (QED) is 0.736. The van der Waals surface area contributed by atoms with E-state index in [-0.39, 0.29) is 5.92 Å². The van der Waals surface area contributed by atoms with Crippen molar-refractivity contribution in [2.75, 3.05) is 6.54 Å². The molecule has 0 bridgehead atoms. The summed E-state index contributed by atoms with van der Waals surface area (Å²) in [5.41, 5.74) is 9.26. The largest absolute Gasteiger partial charge is 0.388 e. The predicted octanol–water partition coefficient (Wildman–Crippen LogP) is 4.25. The highest BCUT2D eigenvalue weighted by atomic mass is 127. The van der Waals surface area contributed by atoms with E-state index in [0.717, 1.165) is 11.1 Å². The van der Waals surface area contributed by atoms with Gasteiger partial charge in [-0.3, -0.25) is 0 Å². The van der Waals surface area contributed by atoms with Crippen LogP contribution in [0.15, 0.2) is 35.7 Å². The van der Waals surface area contributed by atoms with Crippen LogP contribution in [0, 0.1) is 2.88 Å². The maximum absolute atomic E-state index is 10.5. The second kappa shape index (κ2) is 7.02. The molecule has 0 amide bonds. The molecule has 20 heavy (non-hydrogen) atoms. The maximum atomic E-state index is 10.5. The lowest BCUT2D eigenvalue weighted by Crippen LogP contribution is -2.19. The number of hydrogen-bond donors (Lipinski definition) is 2. The van der Waals surface area contributed by atoms with Gasteiger partial charge in [0.05, 0.1) is 8.99 Å². The Balaban J connectivity index is 2.23. The second-order valence-electron chi connectivity index (χ2n) is 5.29. The van der Waals surface area contributed by atoms with Gasteiger partial charge in [-0.15, -0.1) is 11.3 Å². The highest BCUT2D eigenvalue weighted by Crippen LogP contribution is 2.33. The lowest BCUT2D eigenvalue weighted by Gasteiger charge is -2.22. The van der Waals surface area contributed by atoms with Crippen molar-refractivity contribution in [2.24, 2.45) is 5.73 Å². The minimum absolute atomic E-state index is 0.0541. The number of nitrogens with two attached hydrogens (primary N) is 1. The maximum Gasteiger partial charge on any atom is 0.0879 e. The van der Waals surface area contributed by atoms with E-state index in [1.165, 1.54) is 8.45 Å². The summed E-state index contributed by atoms with van der Waals surface area (Å²) in [5, 5.41) is 12.6. The SMILES string of the molecule is CC(C)c1ccc(C(CN)C(O)c2csc(I)c2)cc1. The third kappa shape index (κ3) is 3.61. The van der Waals surface area contributed by atoms with Gasteiger partial charge in [0.1, 0.15) is 0 Å². The summed E-state index contributed by atoms with van der Waals surface area (Å²) in [6.45, 7) is 4.80. The lowest BCUT2D eigenvalue weighted by atomic mass is 9.89. The molecule has 1 heterocycles. The molecule has 3 N–H and O–H groups in total. The molecule has 0 aliphatic heterocycles. The summed E-state index contributed by atoms with van der Waals surface area (Å²) in [6, 6.07) is 10.5. The first-order valence-corrected chi connectivity index (χ1v) is 8.70. The van der Waals surface area contributed by atoms with Crippen molar-refractivity contribution in [3.8, 4) is 0 Å². The standard InChI is InChI=1S/C16H20INOS/c1-10(2)11-3-5-12(6-4-11)14(8-18)16(19)13-7-15(17)20-9-13/h3-7,9-10,14,16,19H,8,18H2,1-2H3. The zero-order chi connectivity index (χ0) is 14.7. The Morgan fingerprint density at radius 2 is 1.75 bits per heavy atom. The number of hydrogen-bond acceptors (Lipinski definition) is 3. The molecular weight excluding hydrogens is 381 g/mol. The number of aliphatic hydroxyl groups is 1. The van der Waals surface area contributed by atoms with Gasteiger partial charge < -0.3 is 10.8 Å². The average molecular weight is 401 g/mol. The molecule has 0 saturated carbocycles. The Hall–Kier alpha value is -0.430. The van der Waals surface area contributed by atoms with Gasteiger partial charge in [-0.25, -0.2) is 0 Å². The Morgan fingerprint density at radius 3 is 2.20 bits per heavy atom. The number of rotatable bonds is 5. The first-order chi connectivity index (χ1) is 9.52. The molecule has 0 radical (unpaired) electrons. The molecule has 0 saturated heterocycles. The average Bonchev–Trinajstić information content (AvgIpc) is 2.86. The van der Waals surface area contributed by atoms with Crippen LogP contribution in [0.25, 0.3) is 0 Å². The highest BCUT2D eigenvalue weighted by Gasteiger charge is 2.22. The van der Waals surface area contributed by atoms with Crippen molar-refractivity contribution in [2.45, 2.75) is 31.8 Å². The molecule has 1 aromatic heterocycles. The van der Waals surface area contributed by atoms with Crippen molar-refractivity contribution < 1.29 is 5.11 Å². The third-order valence-electron chi connectivity index (χ3n) is 3.60. The summed E-state index contributed by atoms with van der Waals surface area (Å²) < 4.78 is 1.18. The molecule has 0 aliphatic rings. The van der Waals surface area contributed by atoms with Crippen molar-refractivity contribution >= 4 is 33.9 Å². The van der Waals surface area contributed by atoms with Gasteiger partial charge in [-0.05, 0) is 56.6 Å². The Kier molecular flexibility index (Phi) is 5.60. The van der Waals surface area contributed by atoms with Crippen LogP contribution in [0.4, 0.5) is 0 Å². The van der Waals surface area contributed by atoms with Crippen LogP contribution >= 0.6 is 33.9 Å². The molecule has 2 rings (SSSR count). The molecule has 0 spiro atoms. The zero-order valence-corrected chi connectivity index (χ0v) is 14.7. The van der Waals surface area contributed by atoms with Crippen LogP contribution in [0.1, 0.15) is 48.5 Å². The number of halogens is 1. The van der Waals surface area contributed by atoms with E-state index < -0.39 is 6.10 Å². The van der Waals surface area contributed by atoms with E-state index in [2.05, 4.69) is 60.7 Å². The summed E-state index contributed by atoms with van der Waals surface area (Å²) in [6.07, 6.45) is -0.537. The third-order valence-corrected chi connectivity index (χ3v) is 5.40. The van der Waals surface area contributed by atoms with Crippen molar-refractivity contribution in [3.05, 3.63) is 55.3 Å².